The minimum absolute atomic E-state index is 0.0783. The largest absolute Gasteiger partial charge is 0.352 e. The minimum atomic E-state index is -3.78. The van der Waals surface area contributed by atoms with Crippen molar-refractivity contribution in [1.29, 1.82) is 5.26 Å². The van der Waals surface area contributed by atoms with Gasteiger partial charge in [0.15, 0.2) is 0 Å². The molecule has 0 unspecified atom stereocenters. The van der Waals surface area contributed by atoms with Gasteiger partial charge >= 0.3 is 0 Å². The Labute approximate surface area is 145 Å². The van der Waals surface area contributed by atoms with E-state index in [-0.39, 0.29) is 27.1 Å². The summed E-state index contributed by atoms with van der Waals surface area (Å²) in [5, 5.41) is 11.6. The molecule has 0 spiro atoms. The number of rotatable bonds is 5. The molecule has 0 bridgehead atoms. The van der Waals surface area contributed by atoms with Gasteiger partial charge in [-0.25, -0.2) is 8.42 Å². The van der Waals surface area contributed by atoms with Gasteiger partial charge in [0, 0.05) is 13.5 Å². The van der Waals surface area contributed by atoms with Crippen LogP contribution >= 0.6 is 11.6 Å². The second kappa shape index (κ2) is 7.34. The third-order valence-corrected chi connectivity index (χ3v) is 4.83. The summed E-state index contributed by atoms with van der Waals surface area (Å²) < 4.78 is 27.1. The molecule has 0 aromatic heterocycles. The zero-order valence-corrected chi connectivity index (χ0v) is 14.3. The molecule has 0 aliphatic heterocycles. The Morgan fingerprint density at radius 1 is 1.21 bits per heavy atom. The molecule has 0 saturated heterocycles. The van der Waals surface area contributed by atoms with Crippen molar-refractivity contribution >= 4 is 33.2 Å². The Morgan fingerprint density at radius 3 is 2.42 bits per heavy atom. The molecule has 24 heavy (non-hydrogen) atoms. The normalized spacial score (nSPS) is 10.7. The lowest BCUT2D eigenvalue weighted by atomic mass is 10.2. The van der Waals surface area contributed by atoms with Crippen LogP contribution in [0, 0.1) is 11.3 Å². The van der Waals surface area contributed by atoms with Gasteiger partial charge in [-0.1, -0.05) is 23.7 Å². The van der Waals surface area contributed by atoms with Crippen molar-refractivity contribution in [1.82, 2.24) is 5.32 Å². The van der Waals surface area contributed by atoms with Gasteiger partial charge in [0.25, 0.3) is 10.0 Å². The third kappa shape index (κ3) is 4.47. The van der Waals surface area contributed by atoms with Gasteiger partial charge in [-0.05, 0) is 35.9 Å². The predicted molar refractivity (Wildman–Crippen MR) is 90.9 cm³/mol. The number of halogens is 1. The number of nitriles is 1. The van der Waals surface area contributed by atoms with E-state index in [1.807, 2.05) is 6.07 Å². The number of nitrogens with one attached hydrogen (secondary N) is 2. The summed E-state index contributed by atoms with van der Waals surface area (Å²) in [6.45, 7) is 1.74. The maximum absolute atomic E-state index is 12.4. The van der Waals surface area contributed by atoms with Crippen LogP contribution in [0.4, 0.5) is 5.69 Å². The van der Waals surface area contributed by atoms with E-state index in [0.717, 1.165) is 5.56 Å². The Balaban J connectivity index is 2.17. The molecule has 0 aliphatic carbocycles. The quantitative estimate of drug-likeness (QED) is 0.852. The first-order valence-electron chi connectivity index (χ1n) is 6.87. The van der Waals surface area contributed by atoms with E-state index < -0.39 is 10.0 Å². The zero-order chi connectivity index (χ0) is 17.7. The van der Waals surface area contributed by atoms with Crippen molar-refractivity contribution in [2.75, 3.05) is 4.72 Å². The molecule has 2 N–H and O–H groups in total. The summed E-state index contributed by atoms with van der Waals surface area (Å²) in [7, 11) is -3.78. The van der Waals surface area contributed by atoms with Crippen LogP contribution in [0.5, 0.6) is 0 Å². The first-order valence-corrected chi connectivity index (χ1v) is 8.74. The van der Waals surface area contributed by atoms with Gasteiger partial charge < -0.3 is 5.32 Å². The third-order valence-electron chi connectivity index (χ3n) is 3.12. The van der Waals surface area contributed by atoms with E-state index in [4.69, 9.17) is 16.9 Å². The lowest BCUT2D eigenvalue weighted by molar-refractivity contribution is -0.119. The molecule has 0 saturated carbocycles. The summed E-state index contributed by atoms with van der Waals surface area (Å²) >= 11 is 5.89. The van der Waals surface area contributed by atoms with E-state index in [2.05, 4.69) is 10.0 Å². The average molecular weight is 364 g/mol. The minimum Gasteiger partial charge on any atom is -0.352 e. The molecule has 0 atom stereocenters. The van der Waals surface area contributed by atoms with Gasteiger partial charge in [0.1, 0.15) is 6.07 Å². The van der Waals surface area contributed by atoms with Gasteiger partial charge in [0.05, 0.1) is 21.2 Å². The highest BCUT2D eigenvalue weighted by Crippen LogP contribution is 2.23. The molecule has 1 amide bonds. The Kier molecular flexibility index (Phi) is 5.44. The van der Waals surface area contributed by atoms with Gasteiger partial charge in [0.2, 0.25) is 5.91 Å². The fourth-order valence-corrected chi connectivity index (χ4v) is 3.17. The Morgan fingerprint density at radius 2 is 1.88 bits per heavy atom. The maximum atomic E-state index is 12.4. The van der Waals surface area contributed by atoms with Crippen molar-refractivity contribution < 1.29 is 13.2 Å². The number of anilines is 1. The van der Waals surface area contributed by atoms with Crippen molar-refractivity contribution in [2.45, 2.75) is 18.4 Å². The SMILES string of the molecule is CC(=O)NCc1ccc(S(=O)(=O)Nc2ccc(C#N)c(Cl)c2)cc1. The van der Waals surface area contributed by atoms with Crippen LogP contribution in [-0.2, 0) is 21.4 Å². The highest BCUT2D eigenvalue weighted by atomic mass is 35.5. The molecular weight excluding hydrogens is 350 g/mol. The smallest absolute Gasteiger partial charge is 0.261 e. The molecule has 0 heterocycles. The maximum Gasteiger partial charge on any atom is 0.261 e. The van der Waals surface area contributed by atoms with Gasteiger partial charge in [-0.2, -0.15) is 5.26 Å². The lowest BCUT2D eigenvalue weighted by Gasteiger charge is -2.10. The number of carbonyl (C=O) groups excluding carboxylic acids is 1. The molecule has 2 rings (SSSR count). The van der Waals surface area contributed by atoms with Crippen LogP contribution in [0.1, 0.15) is 18.1 Å². The number of benzene rings is 2. The summed E-state index contributed by atoms with van der Waals surface area (Å²) in [5.74, 6) is -0.161. The van der Waals surface area contributed by atoms with E-state index in [0.29, 0.717) is 6.54 Å². The standard InChI is InChI=1S/C16H14ClN3O3S/c1-11(21)19-10-12-2-6-15(7-3-12)24(22,23)20-14-5-4-13(9-18)16(17)8-14/h2-8,20H,10H2,1H3,(H,19,21). The number of amides is 1. The lowest BCUT2D eigenvalue weighted by Crippen LogP contribution is -2.19. The van der Waals surface area contributed by atoms with Crippen LogP contribution < -0.4 is 10.0 Å². The summed E-state index contributed by atoms with van der Waals surface area (Å²) in [6.07, 6.45) is 0. The van der Waals surface area contributed by atoms with Crippen molar-refractivity contribution in [3.63, 3.8) is 0 Å². The van der Waals surface area contributed by atoms with E-state index in [1.165, 1.54) is 37.3 Å². The fraction of sp³-hybridized carbons (Fsp3) is 0.125. The monoisotopic (exact) mass is 363 g/mol. The average Bonchev–Trinajstić information content (AvgIpc) is 2.53. The van der Waals surface area contributed by atoms with Crippen LogP contribution in [0.15, 0.2) is 47.4 Å². The molecule has 2 aromatic rings. The van der Waals surface area contributed by atoms with E-state index >= 15 is 0 Å². The van der Waals surface area contributed by atoms with Crippen molar-refractivity contribution in [2.24, 2.45) is 0 Å². The Bertz CT molecular complexity index is 903. The van der Waals surface area contributed by atoms with Crippen LogP contribution in [0.25, 0.3) is 0 Å². The summed E-state index contributed by atoms with van der Waals surface area (Å²) in [4.78, 5) is 11.0. The zero-order valence-electron chi connectivity index (χ0n) is 12.7. The van der Waals surface area contributed by atoms with E-state index in [9.17, 15) is 13.2 Å². The van der Waals surface area contributed by atoms with Crippen LogP contribution in [-0.4, -0.2) is 14.3 Å². The van der Waals surface area contributed by atoms with Gasteiger partial charge in [-0.15, -0.1) is 0 Å². The molecule has 2 aromatic carbocycles. The van der Waals surface area contributed by atoms with Crippen molar-refractivity contribution in [3.8, 4) is 6.07 Å². The highest BCUT2D eigenvalue weighted by molar-refractivity contribution is 7.92. The number of hydrogen-bond donors (Lipinski definition) is 2. The topological polar surface area (TPSA) is 99.1 Å². The summed E-state index contributed by atoms with van der Waals surface area (Å²) in [6, 6.07) is 12.3. The highest BCUT2D eigenvalue weighted by Gasteiger charge is 2.15. The first-order chi connectivity index (χ1) is 11.3. The number of nitrogens with zero attached hydrogens (tertiary/aromatic N) is 1. The predicted octanol–water partition coefficient (Wildman–Crippen LogP) is 2.65. The molecule has 0 aliphatic rings. The second-order valence-corrected chi connectivity index (χ2v) is 7.06. The van der Waals surface area contributed by atoms with E-state index in [1.54, 1.807) is 12.1 Å². The molecule has 0 radical (unpaired) electrons. The number of hydrogen-bond acceptors (Lipinski definition) is 4. The van der Waals surface area contributed by atoms with Gasteiger partial charge in [-0.3, -0.25) is 9.52 Å². The Hall–Kier alpha value is -2.56. The van der Waals surface area contributed by atoms with Crippen LogP contribution in [0.3, 0.4) is 0 Å². The molecule has 8 heteroatoms. The molecule has 0 fully saturated rings. The van der Waals surface area contributed by atoms with Crippen LogP contribution in [0.2, 0.25) is 5.02 Å². The number of sulfonamides is 1. The second-order valence-electron chi connectivity index (χ2n) is 4.97. The fourth-order valence-electron chi connectivity index (χ4n) is 1.90. The molecule has 124 valence electrons. The first kappa shape index (κ1) is 17.8. The van der Waals surface area contributed by atoms with Crippen molar-refractivity contribution in [3.05, 3.63) is 58.6 Å². The molecule has 6 nitrogen and oxygen atoms in total. The number of carbonyl (C=O) groups is 1. The summed E-state index contributed by atoms with van der Waals surface area (Å²) in [5.41, 5.74) is 1.31. The molecular formula is C16H14ClN3O3S.